The Hall–Kier alpha value is -1.22. The summed E-state index contributed by atoms with van der Waals surface area (Å²) in [6.07, 6.45) is 3.36. The van der Waals surface area contributed by atoms with Gasteiger partial charge < -0.3 is 5.32 Å². The first-order chi connectivity index (χ1) is 9.56. The number of Topliss-reactive ketones (excluding diaryl/α,β-unsaturated/α-hetero) is 1. The highest BCUT2D eigenvalue weighted by Crippen LogP contribution is 2.23. The third-order valence-electron chi connectivity index (χ3n) is 4.39. The molecule has 2 nitrogen and oxygen atoms in total. The minimum Gasteiger partial charge on any atom is -0.316 e. The molecule has 0 amide bonds. The van der Waals surface area contributed by atoms with Gasteiger partial charge in [-0.2, -0.15) is 0 Å². The molecule has 0 bridgehead atoms. The number of nitrogens with one attached hydrogen (secondary N) is 1. The summed E-state index contributed by atoms with van der Waals surface area (Å²) in [5.41, 5.74) is 1.82. The van der Waals surface area contributed by atoms with E-state index in [9.17, 15) is 9.18 Å². The molecule has 110 valence electrons. The molecule has 1 aromatic carbocycles. The van der Waals surface area contributed by atoms with E-state index in [2.05, 4.69) is 12.2 Å². The number of hydrogen-bond acceptors (Lipinski definition) is 2. The van der Waals surface area contributed by atoms with E-state index >= 15 is 0 Å². The Morgan fingerprint density at radius 3 is 3.00 bits per heavy atom. The van der Waals surface area contributed by atoms with Gasteiger partial charge in [0.1, 0.15) is 11.6 Å². The predicted octanol–water partition coefficient (Wildman–Crippen LogP) is 3.27. The van der Waals surface area contributed by atoms with Crippen molar-refractivity contribution in [1.29, 1.82) is 0 Å². The lowest BCUT2D eigenvalue weighted by atomic mass is 9.83. The average molecular weight is 277 g/mol. The molecule has 0 saturated carbocycles. The topological polar surface area (TPSA) is 29.1 Å². The van der Waals surface area contributed by atoms with E-state index in [0.29, 0.717) is 24.7 Å². The summed E-state index contributed by atoms with van der Waals surface area (Å²) in [7, 11) is 0. The molecule has 1 aliphatic heterocycles. The lowest BCUT2D eigenvalue weighted by molar-refractivity contribution is -0.119. The van der Waals surface area contributed by atoms with E-state index in [1.807, 2.05) is 6.92 Å². The minimum atomic E-state index is -0.261. The Morgan fingerprint density at radius 2 is 2.30 bits per heavy atom. The van der Waals surface area contributed by atoms with E-state index in [4.69, 9.17) is 0 Å². The summed E-state index contributed by atoms with van der Waals surface area (Å²) < 4.78 is 13.2. The van der Waals surface area contributed by atoms with Gasteiger partial charge in [-0.25, -0.2) is 4.39 Å². The van der Waals surface area contributed by atoms with Gasteiger partial charge in [0, 0.05) is 12.8 Å². The first-order valence-corrected chi connectivity index (χ1v) is 7.53. The van der Waals surface area contributed by atoms with Crippen molar-refractivity contribution >= 4 is 5.78 Å². The predicted molar refractivity (Wildman–Crippen MR) is 79.2 cm³/mol. The van der Waals surface area contributed by atoms with Gasteiger partial charge in [0.2, 0.25) is 0 Å². The van der Waals surface area contributed by atoms with Crippen molar-refractivity contribution in [3.05, 3.63) is 35.1 Å². The van der Waals surface area contributed by atoms with Crippen LogP contribution in [0.25, 0.3) is 0 Å². The second-order valence-corrected chi connectivity index (χ2v) is 6.07. The molecule has 2 unspecified atom stereocenters. The first kappa shape index (κ1) is 15.2. The van der Waals surface area contributed by atoms with Crippen LogP contribution < -0.4 is 5.32 Å². The van der Waals surface area contributed by atoms with Crippen LogP contribution in [-0.4, -0.2) is 18.9 Å². The van der Waals surface area contributed by atoms with Gasteiger partial charge in [-0.3, -0.25) is 4.79 Å². The highest BCUT2D eigenvalue weighted by atomic mass is 19.1. The number of rotatable bonds is 5. The molecule has 1 fully saturated rings. The van der Waals surface area contributed by atoms with Gasteiger partial charge in [0.15, 0.2) is 0 Å². The maximum absolute atomic E-state index is 13.2. The van der Waals surface area contributed by atoms with Gasteiger partial charge in [0.05, 0.1) is 0 Å². The Kier molecular flexibility index (Phi) is 5.30. The normalized spacial score (nSPS) is 20.6. The summed E-state index contributed by atoms with van der Waals surface area (Å²) in [4.78, 5) is 12.2. The zero-order valence-electron chi connectivity index (χ0n) is 12.4. The second-order valence-electron chi connectivity index (χ2n) is 6.07. The molecular weight excluding hydrogens is 253 g/mol. The molecule has 0 aliphatic carbocycles. The van der Waals surface area contributed by atoms with E-state index in [-0.39, 0.29) is 11.6 Å². The third-order valence-corrected chi connectivity index (χ3v) is 4.39. The van der Waals surface area contributed by atoms with Gasteiger partial charge in [-0.05, 0) is 68.0 Å². The SMILES string of the molecule is Cc1ccc(F)cc1CC(=O)CC(C)C1CCCNC1. The Labute approximate surface area is 120 Å². The molecule has 1 saturated heterocycles. The smallest absolute Gasteiger partial charge is 0.137 e. The molecule has 1 heterocycles. The van der Waals surface area contributed by atoms with Gasteiger partial charge >= 0.3 is 0 Å². The van der Waals surface area contributed by atoms with Gasteiger partial charge in [-0.1, -0.05) is 13.0 Å². The first-order valence-electron chi connectivity index (χ1n) is 7.53. The van der Waals surface area contributed by atoms with Crippen LogP contribution in [0.4, 0.5) is 4.39 Å². The molecule has 1 aliphatic rings. The second kappa shape index (κ2) is 6.98. The quantitative estimate of drug-likeness (QED) is 0.895. The third kappa shape index (κ3) is 4.14. The number of benzene rings is 1. The maximum Gasteiger partial charge on any atom is 0.137 e. The van der Waals surface area contributed by atoms with Crippen LogP contribution in [-0.2, 0) is 11.2 Å². The van der Waals surface area contributed by atoms with Crippen molar-refractivity contribution in [3.8, 4) is 0 Å². The van der Waals surface area contributed by atoms with Crippen molar-refractivity contribution in [2.24, 2.45) is 11.8 Å². The van der Waals surface area contributed by atoms with Crippen LogP contribution in [0.1, 0.15) is 37.3 Å². The number of piperidine rings is 1. The van der Waals surface area contributed by atoms with Crippen LogP contribution >= 0.6 is 0 Å². The van der Waals surface area contributed by atoms with E-state index in [0.717, 1.165) is 24.2 Å². The summed E-state index contributed by atoms with van der Waals surface area (Å²) in [6.45, 7) is 6.21. The Bertz CT molecular complexity index is 466. The van der Waals surface area contributed by atoms with Crippen molar-refractivity contribution < 1.29 is 9.18 Å². The van der Waals surface area contributed by atoms with E-state index in [1.165, 1.54) is 25.0 Å². The highest BCUT2D eigenvalue weighted by molar-refractivity contribution is 5.81. The van der Waals surface area contributed by atoms with Crippen LogP contribution in [0.3, 0.4) is 0 Å². The average Bonchev–Trinajstić information content (AvgIpc) is 2.43. The maximum atomic E-state index is 13.2. The number of carbonyl (C=O) groups is 1. The van der Waals surface area contributed by atoms with Crippen LogP contribution in [0.15, 0.2) is 18.2 Å². The monoisotopic (exact) mass is 277 g/mol. The number of ketones is 1. The van der Waals surface area contributed by atoms with Crippen molar-refractivity contribution in [2.75, 3.05) is 13.1 Å². The molecule has 0 radical (unpaired) electrons. The fraction of sp³-hybridized carbons (Fsp3) is 0.588. The standard InChI is InChI=1S/C17H24FNO/c1-12-5-6-16(18)9-15(12)10-17(20)8-13(2)14-4-3-7-19-11-14/h5-6,9,13-14,19H,3-4,7-8,10-11H2,1-2H3. The van der Waals surface area contributed by atoms with Crippen LogP contribution in [0.2, 0.25) is 0 Å². The Balaban J connectivity index is 1.89. The van der Waals surface area contributed by atoms with Crippen molar-refractivity contribution in [1.82, 2.24) is 5.32 Å². The molecular formula is C17H24FNO. The number of hydrogen-bond donors (Lipinski definition) is 1. The van der Waals surface area contributed by atoms with E-state index < -0.39 is 0 Å². The fourth-order valence-corrected chi connectivity index (χ4v) is 3.01. The van der Waals surface area contributed by atoms with Crippen molar-refractivity contribution in [2.45, 2.75) is 39.5 Å². The summed E-state index contributed by atoms with van der Waals surface area (Å²) in [5, 5.41) is 3.39. The largest absolute Gasteiger partial charge is 0.316 e. The molecule has 2 atom stereocenters. The van der Waals surface area contributed by atoms with E-state index in [1.54, 1.807) is 6.07 Å². The fourth-order valence-electron chi connectivity index (χ4n) is 3.01. The zero-order chi connectivity index (χ0) is 14.5. The van der Waals surface area contributed by atoms with Gasteiger partial charge in [-0.15, -0.1) is 0 Å². The summed E-state index contributed by atoms with van der Waals surface area (Å²) >= 11 is 0. The Morgan fingerprint density at radius 1 is 1.50 bits per heavy atom. The molecule has 20 heavy (non-hydrogen) atoms. The number of halogens is 1. The summed E-state index contributed by atoms with van der Waals surface area (Å²) in [5.74, 6) is 0.963. The molecule has 0 spiro atoms. The summed E-state index contributed by atoms with van der Waals surface area (Å²) in [6, 6.07) is 4.67. The zero-order valence-corrected chi connectivity index (χ0v) is 12.4. The molecule has 2 rings (SSSR count). The molecule has 1 N–H and O–H groups in total. The van der Waals surface area contributed by atoms with Crippen LogP contribution in [0, 0.1) is 24.6 Å². The number of carbonyl (C=O) groups excluding carboxylic acids is 1. The van der Waals surface area contributed by atoms with Crippen LogP contribution in [0.5, 0.6) is 0 Å². The molecule has 1 aromatic rings. The van der Waals surface area contributed by atoms with Crippen molar-refractivity contribution in [3.63, 3.8) is 0 Å². The molecule has 0 aromatic heterocycles. The lowest BCUT2D eigenvalue weighted by Gasteiger charge is -2.28. The number of aryl methyl sites for hydroxylation is 1. The lowest BCUT2D eigenvalue weighted by Crippen LogP contribution is -2.34. The minimum absolute atomic E-state index is 0.219. The van der Waals surface area contributed by atoms with Gasteiger partial charge in [0.25, 0.3) is 0 Å². The molecule has 3 heteroatoms. The highest BCUT2D eigenvalue weighted by Gasteiger charge is 2.22.